The first-order valence-electron chi connectivity index (χ1n) is 9.64. The second kappa shape index (κ2) is 8.61. The monoisotopic (exact) mass is 463 g/mol. The van der Waals surface area contributed by atoms with E-state index in [1.54, 1.807) is 20.3 Å². The molecule has 1 N–H and O–H groups in total. The molecule has 0 aromatic heterocycles. The SMILES string of the molecule is COc1cc(Br)c([C@@H]2C(C(=O)OC(C)C)=C(C)NC3=C2C(=O)CCC3)cc1OC. The summed E-state index contributed by atoms with van der Waals surface area (Å²) in [5, 5.41) is 3.29. The summed E-state index contributed by atoms with van der Waals surface area (Å²) in [7, 11) is 3.12. The lowest BCUT2D eigenvalue weighted by Crippen LogP contribution is -2.35. The quantitative estimate of drug-likeness (QED) is 0.652. The van der Waals surface area contributed by atoms with Crippen LogP contribution in [0.15, 0.2) is 39.1 Å². The lowest BCUT2D eigenvalue weighted by Gasteiger charge is -2.35. The predicted octanol–water partition coefficient (Wildman–Crippen LogP) is 4.39. The normalized spacial score (nSPS) is 19.1. The lowest BCUT2D eigenvalue weighted by atomic mass is 9.75. The Kier molecular flexibility index (Phi) is 6.36. The van der Waals surface area contributed by atoms with Crippen LogP contribution >= 0.6 is 15.9 Å². The second-order valence-corrected chi connectivity index (χ2v) is 8.30. The Morgan fingerprint density at radius 2 is 1.83 bits per heavy atom. The van der Waals surface area contributed by atoms with Crippen LogP contribution in [0.2, 0.25) is 0 Å². The van der Waals surface area contributed by atoms with Crippen molar-refractivity contribution in [1.29, 1.82) is 0 Å². The Balaban J connectivity index is 2.23. The predicted molar refractivity (Wildman–Crippen MR) is 113 cm³/mol. The number of ether oxygens (including phenoxy) is 3. The summed E-state index contributed by atoms with van der Waals surface area (Å²) in [5.41, 5.74) is 3.43. The number of allylic oxidation sites excluding steroid dienone is 3. The van der Waals surface area contributed by atoms with Crippen molar-refractivity contribution in [1.82, 2.24) is 5.32 Å². The number of hydrogen-bond acceptors (Lipinski definition) is 6. The fraction of sp³-hybridized carbons (Fsp3) is 0.455. The van der Waals surface area contributed by atoms with E-state index in [4.69, 9.17) is 14.2 Å². The van der Waals surface area contributed by atoms with Crippen molar-refractivity contribution < 1.29 is 23.8 Å². The van der Waals surface area contributed by atoms with Gasteiger partial charge in [-0.1, -0.05) is 15.9 Å². The van der Waals surface area contributed by atoms with Gasteiger partial charge in [-0.15, -0.1) is 0 Å². The van der Waals surface area contributed by atoms with E-state index >= 15 is 0 Å². The van der Waals surface area contributed by atoms with Crippen molar-refractivity contribution in [2.45, 2.75) is 52.1 Å². The first kappa shape index (κ1) is 21.4. The molecule has 0 unspecified atom stereocenters. The topological polar surface area (TPSA) is 73.9 Å². The third-order valence-electron chi connectivity index (χ3n) is 5.15. The summed E-state index contributed by atoms with van der Waals surface area (Å²) in [4.78, 5) is 26.0. The molecule has 0 amide bonds. The van der Waals surface area contributed by atoms with Crippen LogP contribution in [-0.2, 0) is 14.3 Å². The van der Waals surface area contributed by atoms with Gasteiger partial charge in [-0.3, -0.25) is 4.79 Å². The minimum absolute atomic E-state index is 0.0489. The fourth-order valence-electron chi connectivity index (χ4n) is 3.93. The molecule has 0 fully saturated rings. The fourth-order valence-corrected chi connectivity index (χ4v) is 4.48. The highest BCUT2D eigenvalue weighted by Gasteiger charge is 2.40. The van der Waals surface area contributed by atoms with Crippen LogP contribution in [-0.4, -0.2) is 32.1 Å². The van der Waals surface area contributed by atoms with Crippen molar-refractivity contribution in [2.24, 2.45) is 0 Å². The summed E-state index contributed by atoms with van der Waals surface area (Å²) >= 11 is 3.61. The van der Waals surface area contributed by atoms with Crippen LogP contribution in [0.25, 0.3) is 0 Å². The zero-order chi connectivity index (χ0) is 21.3. The Bertz CT molecular complexity index is 916. The van der Waals surface area contributed by atoms with Gasteiger partial charge in [0.2, 0.25) is 0 Å². The van der Waals surface area contributed by atoms with Crippen LogP contribution in [0, 0.1) is 0 Å². The van der Waals surface area contributed by atoms with Crippen molar-refractivity contribution in [3.05, 3.63) is 44.7 Å². The molecule has 0 radical (unpaired) electrons. The van der Waals surface area contributed by atoms with Crippen molar-refractivity contribution in [2.75, 3.05) is 14.2 Å². The van der Waals surface area contributed by atoms with E-state index < -0.39 is 11.9 Å². The van der Waals surface area contributed by atoms with E-state index in [1.807, 2.05) is 26.8 Å². The lowest BCUT2D eigenvalue weighted by molar-refractivity contribution is -0.143. The molecule has 1 aliphatic carbocycles. The maximum atomic E-state index is 13.0. The summed E-state index contributed by atoms with van der Waals surface area (Å²) in [6.45, 7) is 5.46. The van der Waals surface area contributed by atoms with Crippen LogP contribution in [0.5, 0.6) is 11.5 Å². The number of carbonyl (C=O) groups excluding carboxylic acids is 2. The number of ketones is 1. The van der Waals surface area contributed by atoms with Crippen LogP contribution in [0.4, 0.5) is 0 Å². The van der Waals surface area contributed by atoms with Crippen molar-refractivity contribution in [3.8, 4) is 11.5 Å². The van der Waals surface area contributed by atoms with Gasteiger partial charge in [-0.2, -0.15) is 0 Å². The standard InChI is InChI=1S/C22H26BrNO5/c1-11(2)29-22(26)19-12(3)24-15-7-6-8-16(25)21(15)20(19)13-9-17(27-4)18(28-5)10-14(13)23/h9-11,20,24H,6-8H2,1-5H3/t20-/m1/s1. The highest BCUT2D eigenvalue weighted by Crippen LogP contribution is 2.47. The van der Waals surface area contributed by atoms with E-state index in [0.717, 1.165) is 28.6 Å². The van der Waals surface area contributed by atoms with E-state index in [-0.39, 0.29) is 11.9 Å². The maximum absolute atomic E-state index is 13.0. The van der Waals surface area contributed by atoms with Crippen molar-refractivity contribution >= 4 is 27.7 Å². The number of esters is 1. The Morgan fingerprint density at radius 1 is 1.17 bits per heavy atom. The van der Waals surface area contributed by atoms with Gasteiger partial charge in [-0.05, 0) is 51.3 Å². The number of Topliss-reactive ketones (excluding diaryl/α,β-unsaturated/α-hetero) is 1. The summed E-state index contributed by atoms with van der Waals surface area (Å²) in [6, 6.07) is 3.62. The molecule has 156 valence electrons. The second-order valence-electron chi connectivity index (χ2n) is 7.45. The number of rotatable bonds is 5. The minimum atomic E-state index is -0.542. The van der Waals surface area contributed by atoms with E-state index in [0.29, 0.717) is 34.8 Å². The minimum Gasteiger partial charge on any atom is -0.493 e. The Labute approximate surface area is 179 Å². The van der Waals surface area contributed by atoms with Crippen LogP contribution in [0.3, 0.4) is 0 Å². The van der Waals surface area contributed by atoms with Gasteiger partial charge in [0.05, 0.1) is 25.9 Å². The zero-order valence-electron chi connectivity index (χ0n) is 17.3. The van der Waals surface area contributed by atoms with Gasteiger partial charge < -0.3 is 19.5 Å². The summed E-state index contributed by atoms with van der Waals surface area (Å²) in [5.74, 6) is 0.172. The zero-order valence-corrected chi connectivity index (χ0v) is 18.9. The van der Waals surface area contributed by atoms with Gasteiger partial charge in [0, 0.05) is 33.8 Å². The third kappa shape index (κ3) is 4.06. The van der Waals surface area contributed by atoms with Crippen LogP contribution in [0.1, 0.15) is 51.5 Å². The first-order valence-corrected chi connectivity index (χ1v) is 10.4. The van der Waals surface area contributed by atoms with Crippen molar-refractivity contribution in [3.63, 3.8) is 0 Å². The number of hydrogen-bond donors (Lipinski definition) is 1. The average Bonchev–Trinajstić information content (AvgIpc) is 2.66. The highest BCUT2D eigenvalue weighted by molar-refractivity contribution is 9.10. The van der Waals surface area contributed by atoms with Gasteiger partial charge in [-0.25, -0.2) is 4.79 Å². The molecule has 0 bridgehead atoms. The molecular formula is C22H26BrNO5. The molecule has 3 rings (SSSR count). The van der Waals surface area contributed by atoms with E-state index in [9.17, 15) is 9.59 Å². The first-order chi connectivity index (χ1) is 13.8. The van der Waals surface area contributed by atoms with Crippen LogP contribution < -0.4 is 14.8 Å². The molecule has 0 saturated heterocycles. The average molecular weight is 464 g/mol. The summed E-state index contributed by atoms with van der Waals surface area (Å²) < 4.78 is 17.1. The molecule has 7 heteroatoms. The van der Waals surface area contributed by atoms with E-state index in [2.05, 4.69) is 21.2 Å². The largest absolute Gasteiger partial charge is 0.493 e. The number of carbonyl (C=O) groups is 2. The third-order valence-corrected chi connectivity index (χ3v) is 5.84. The molecule has 1 atom stereocenters. The number of benzene rings is 1. The summed E-state index contributed by atoms with van der Waals surface area (Å²) in [6.07, 6.45) is 1.76. The Hall–Kier alpha value is -2.28. The molecule has 2 aliphatic rings. The molecular weight excluding hydrogens is 438 g/mol. The molecule has 29 heavy (non-hydrogen) atoms. The van der Waals surface area contributed by atoms with Gasteiger partial charge in [0.25, 0.3) is 0 Å². The van der Waals surface area contributed by atoms with Gasteiger partial charge >= 0.3 is 5.97 Å². The maximum Gasteiger partial charge on any atom is 0.337 e. The molecule has 0 spiro atoms. The smallest absolute Gasteiger partial charge is 0.337 e. The van der Waals surface area contributed by atoms with Gasteiger partial charge in [0.1, 0.15) is 0 Å². The molecule has 1 aromatic carbocycles. The molecule has 6 nitrogen and oxygen atoms in total. The molecule has 1 aliphatic heterocycles. The number of dihydropyridines is 1. The molecule has 1 aromatic rings. The van der Waals surface area contributed by atoms with E-state index in [1.165, 1.54) is 0 Å². The Morgan fingerprint density at radius 3 is 2.45 bits per heavy atom. The molecule has 1 heterocycles. The highest BCUT2D eigenvalue weighted by atomic mass is 79.9. The van der Waals surface area contributed by atoms with Gasteiger partial charge in [0.15, 0.2) is 17.3 Å². The number of halogens is 1. The molecule has 0 saturated carbocycles. The number of nitrogens with one attached hydrogen (secondary N) is 1. The number of methoxy groups -OCH3 is 2.